The van der Waals surface area contributed by atoms with E-state index in [2.05, 4.69) is 52.7 Å². The molecule has 0 amide bonds. The zero-order valence-corrected chi connectivity index (χ0v) is 14.9. The third kappa shape index (κ3) is 4.69. The lowest BCUT2D eigenvalue weighted by molar-refractivity contribution is -0.0174. The lowest BCUT2D eigenvalue weighted by Gasteiger charge is -2.38. The molecule has 2 heterocycles. The highest BCUT2D eigenvalue weighted by atomic mass is 32.1. The molecule has 1 aromatic rings. The van der Waals surface area contributed by atoms with Crippen molar-refractivity contribution in [1.29, 1.82) is 0 Å². The number of nitrogens with zero attached hydrogens (tertiary/aromatic N) is 2. The van der Waals surface area contributed by atoms with Gasteiger partial charge in [-0.25, -0.2) is 0 Å². The third-order valence-corrected chi connectivity index (χ3v) is 5.18. The second kappa shape index (κ2) is 8.50. The van der Waals surface area contributed by atoms with E-state index in [4.69, 9.17) is 4.74 Å². The first-order valence-corrected chi connectivity index (χ1v) is 8.80. The maximum atomic E-state index is 5.50. The Bertz CT molecular complexity index is 488. The Kier molecular flexibility index (Phi) is 6.67. The predicted molar refractivity (Wildman–Crippen MR) is 93.7 cm³/mol. The minimum absolute atomic E-state index is 0.459. The van der Waals surface area contributed by atoms with Gasteiger partial charge in [0.2, 0.25) is 0 Å². The van der Waals surface area contributed by atoms with Crippen LogP contribution in [0.1, 0.15) is 24.3 Å². The fourth-order valence-corrected chi connectivity index (χ4v) is 3.57. The first-order chi connectivity index (χ1) is 10.6. The number of aryl methyl sites for hydroxylation is 1. The smallest absolute Gasteiger partial charge is 0.191 e. The first-order valence-electron chi connectivity index (χ1n) is 7.92. The molecule has 2 atom stereocenters. The Morgan fingerprint density at radius 1 is 1.55 bits per heavy atom. The van der Waals surface area contributed by atoms with Crippen LogP contribution in [0.4, 0.5) is 0 Å². The van der Waals surface area contributed by atoms with Crippen LogP contribution in [-0.4, -0.2) is 56.3 Å². The largest absolute Gasteiger partial charge is 0.379 e. The van der Waals surface area contributed by atoms with Gasteiger partial charge in [0.25, 0.3) is 0 Å². The summed E-state index contributed by atoms with van der Waals surface area (Å²) in [6, 6.07) is 3.09. The van der Waals surface area contributed by atoms with Crippen LogP contribution in [0, 0.1) is 6.92 Å². The second-order valence-electron chi connectivity index (χ2n) is 5.84. The average molecular weight is 324 g/mol. The molecule has 0 aromatic carbocycles. The second-order valence-corrected chi connectivity index (χ2v) is 6.84. The van der Waals surface area contributed by atoms with Gasteiger partial charge in [0, 0.05) is 37.1 Å². The summed E-state index contributed by atoms with van der Waals surface area (Å²) in [5.41, 5.74) is 1.34. The number of ether oxygens (including phenoxy) is 1. The Balaban J connectivity index is 1.77. The molecule has 0 bridgehead atoms. The molecule has 2 rings (SSSR count). The third-order valence-electron chi connectivity index (χ3n) is 4.16. The molecule has 1 aromatic heterocycles. The molecule has 22 heavy (non-hydrogen) atoms. The summed E-state index contributed by atoms with van der Waals surface area (Å²) in [6.07, 6.45) is 0. The van der Waals surface area contributed by atoms with Gasteiger partial charge in [-0.1, -0.05) is 0 Å². The lowest BCUT2D eigenvalue weighted by Crippen LogP contribution is -2.52. The van der Waals surface area contributed by atoms with Crippen LogP contribution >= 0.6 is 11.3 Å². The van der Waals surface area contributed by atoms with Gasteiger partial charge >= 0.3 is 0 Å². The van der Waals surface area contributed by atoms with Crippen LogP contribution in [0.2, 0.25) is 0 Å². The van der Waals surface area contributed by atoms with E-state index in [0.717, 1.165) is 38.8 Å². The Labute approximate surface area is 137 Å². The molecule has 0 aliphatic carbocycles. The molecule has 0 spiro atoms. The predicted octanol–water partition coefficient (Wildman–Crippen LogP) is 1.83. The van der Waals surface area contributed by atoms with Gasteiger partial charge in [-0.05, 0) is 37.8 Å². The molecular formula is C16H28N4OS. The molecular weight excluding hydrogens is 296 g/mol. The molecule has 1 fully saturated rings. The zero-order valence-electron chi connectivity index (χ0n) is 14.1. The summed E-state index contributed by atoms with van der Waals surface area (Å²) < 4.78 is 5.50. The minimum Gasteiger partial charge on any atom is -0.379 e. The lowest BCUT2D eigenvalue weighted by atomic mass is 10.2. The number of hydrogen-bond donors (Lipinski definition) is 2. The van der Waals surface area contributed by atoms with Crippen LogP contribution in [0.3, 0.4) is 0 Å². The van der Waals surface area contributed by atoms with Crippen molar-refractivity contribution in [2.24, 2.45) is 4.99 Å². The fraction of sp³-hybridized carbons (Fsp3) is 0.688. The number of guanidine groups is 1. The normalized spacial score (nSPS) is 21.6. The van der Waals surface area contributed by atoms with E-state index in [1.165, 1.54) is 10.4 Å². The summed E-state index contributed by atoms with van der Waals surface area (Å²) in [6.45, 7) is 11.0. The van der Waals surface area contributed by atoms with E-state index in [1.807, 2.05) is 7.05 Å². The van der Waals surface area contributed by atoms with Gasteiger partial charge < -0.3 is 15.4 Å². The van der Waals surface area contributed by atoms with Crippen molar-refractivity contribution in [2.75, 3.05) is 33.4 Å². The topological polar surface area (TPSA) is 48.9 Å². The van der Waals surface area contributed by atoms with Gasteiger partial charge in [0.15, 0.2) is 5.96 Å². The summed E-state index contributed by atoms with van der Waals surface area (Å²) in [5.74, 6) is 0.862. The van der Waals surface area contributed by atoms with Gasteiger partial charge in [-0.15, -0.1) is 11.3 Å². The summed E-state index contributed by atoms with van der Waals surface area (Å²) in [5, 5.41) is 8.95. The summed E-state index contributed by atoms with van der Waals surface area (Å²) in [4.78, 5) is 8.16. The fourth-order valence-electron chi connectivity index (χ4n) is 2.73. The van der Waals surface area contributed by atoms with Gasteiger partial charge in [0.1, 0.15) is 0 Å². The zero-order chi connectivity index (χ0) is 15.9. The van der Waals surface area contributed by atoms with Crippen LogP contribution in [0.5, 0.6) is 0 Å². The van der Waals surface area contributed by atoms with Crippen molar-refractivity contribution < 1.29 is 4.74 Å². The Morgan fingerprint density at radius 3 is 3.00 bits per heavy atom. The molecule has 6 heteroatoms. The molecule has 5 nitrogen and oxygen atoms in total. The SMILES string of the molecule is CN=C(NCc1sccc1C)NCC(C)N1CCOCC1C. The minimum atomic E-state index is 0.459. The number of hydrogen-bond acceptors (Lipinski definition) is 4. The average Bonchev–Trinajstić information content (AvgIpc) is 2.93. The van der Waals surface area contributed by atoms with Crippen LogP contribution in [0.25, 0.3) is 0 Å². The summed E-state index contributed by atoms with van der Waals surface area (Å²) in [7, 11) is 1.82. The molecule has 1 aliphatic rings. The van der Waals surface area contributed by atoms with E-state index in [-0.39, 0.29) is 0 Å². The van der Waals surface area contributed by atoms with Crippen LogP contribution in [0.15, 0.2) is 16.4 Å². The highest BCUT2D eigenvalue weighted by molar-refractivity contribution is 7.10. The van der Waals surface area contributed by atoms with Gasteiger partial charge in [-0.2, -0.15) is 0 Å². The number of thiophene rings is 1. The Morgan fingerprint density at radius 2 is 2.36 bits per heavy atom. The van der Waals surface area contributed by atoms with Crippen molar-refractivity contribution in [3.05, 3.63) is 21.9 Å². The van der Waals surface area contributed by atoms with E-state index in [0.29, 0.717) is 12.1 Å². The monoisotopic (exact) mass is 324 g/mol. The van der Waals surface area contributed by atoms with E-state index in [9.17, 15) is 0 Å². The maximum Gasteiger partial charge on any atom is 0.191 e. The van der Waals surface area contributed by atoms with Crippen LogP contribution in [-0.2, 0) is 11.3 Å². The molecule has 124 valence electrons. The van der Waals surface area contributed by atoms with E-state index < -0.39 is 0 Å². The molecule has 1 aliphatic heterocycles. The number of nitrogens with one attached hydrogen (secondary N) is 2. The highest BCUT2D eigenvalue weighted by Crippen LogP contribution is 2.14. The molecule has 2 unspecified atom stereocenters. The molecule has 0 radical (unpaired) electrons. The highest BCUT2D eigenvalue weighted by Gasteiger charge is 2.23. The maximum absolute atomic E-state index is 5.50. The number of aliphatic imine (C=N–C) groups is 1. The standard InChI is InChI=1S/C16H28N4OS/c1-12-5-8-22-15(12)10-19-16(17-4)18-9-13(2)20-6-7-21-11-14(20)3/h5,8,13-14H,6-7,9-11H2,1-4H3,(H2,17,18,19). The number of morpholine rings is 1. The Hall–Kier alpha value is -1.11. The molecule has 0 saturated carbocycles. The first kappa shape index (κ1) is 17.2. The van der Waals surface area contributed by atoms with E-state index in [1.54, 1.807) is 11.3 Å². The van der Waals surface area contributed by atoms with Crippen molar-refractivity contribution in [2.45, 2.75) is 39.4 Å². The van der Waals surface area contributed by atoms with Crippen molar-refractivity contribution in [1.82, 2.24) is 15.5 Å². The van der Waals surface area contributed by atoms with Crippen molar-refractivity contribution in [3.8, 4) is 0 Å². The quantitative estimate of drug-likeness (QED) is 0.641. The molecule has 2 N–H and O–H groups in total. The number of rotatable bonds is 5. The van der Waals surface area contributed by atoms with Crippen LogP contribution < -0.4 is 10.6 Å². The van der Waals surface area contributed by atoms with Gasteiger partial charge in [-0.3, -0.25) is 9.89 Å². The molecule has 1 saturated heterocycles. The summed E-state index contributed by atoms with van der Waals surface area (Å²) >= 11 is 1.78. The van der Waals surface area contributed by atoms with Gasteiger partial charge in [0.05, 0.1) is 19.8 Å². The van der Waals surface area contributed by atoms with E-state index >= 15 is 0 Å². The van der Waals surface area contributed by atoms with Crippen molar-refractivity contribution in [3.63, 3.8) is 0 Å². The van der Waals surface area contributed by atoms with Crippen molar-refractivity contribution >= 4 is 17.3 Å².